The Hall–Kier alpha value is -1.40. The zero-order valence-corrected chi connectivity index (χ0v) is 10.3. The highest BCUT2D eigenvalue weighted by atomic mass is 16.5. The molecule has 1 fully saturated rings. The number of hydrazine groups is 1. The number of methoxy groups -OCH3 is 1. The molecule has 6 heteroatoms. The van der Waals surface area contributed by atoms with Crippen molar-refractivity contribution in [3.05, 3.63) is 11.9 Å². The van der Waals surface area contributed by atoms with Crippen LogP contribution in [0.25, 0.3) is 0 Å². The highest BCUT2D eigenvalue weighted by Gasteiger charge is 2.29. The highest BCUT2D eigenvalue weighted by Crippen LogP contribution is 2.31. The molecular weight excluding hydrogens is 218 g/mol. The van der Waals surface area contributed by atoms with Gasteiger partial charge in [0.1, 0.15) is 18.2 Å². The summed E-state index contributed by atoms with van der Waals surface area (Å²) >= 11 is 0. The normalized spacial score (nSPS) is 14.8. The average Bonchev–Trinajstić information content (AvgIpc) is 3.15. The Morgan fingerprint density at radius 3 is 2.82 bits per heavy atom. The number of hydrogen-bond donors (Lipinski definition) is 2. The van der Waals surface area contributed by atoms with Crippen molar-refractivity contribution in [1.82, 2.24) is 9.97 Å². The zero-order valence-electron chi connectivity index (χ0n) is 10.3. The number of nitrogens with two attached hydrogens (primary N) is 1. The molecule has 94 valence electrons. The number of aromatic nitrogens is 2. The number of ether oxygens (including phenoxy) is 1. The van der Waals surface area contributed by atoms with Gasteiger partial charge in [-0.15, -0.1) is 0 Å². The maximum absolute atomic E-state index is 5.42. The maximum Gasteiger partial charge on any atom is 0.158 e. The van der Waals surface area contributed by atoms with Gasteiger partial charge in [-0.3, -0.25) is 0 Å². The molecule has 0 radical (unpaired) electrons. The van der Waals surface area contributed by atoms with E-state index in [0.29, 0.717) is 24.3 Å². The van der Waals surface area contributed by atoms with Crippen molar-refractivity contribution in [3.63, 3.8) is 0 Å². The largest absolute Gasteiger partial charge is 0.377 e. The Bertz CT molecular complexity index is 380. The number of hydrogen-bond acceptors (Lipinski definition) is 6. The molecule has 1 aromatic heterocycles. The van der Waals surface area contributed by atoms with E-state index < -0.39 is 0 Å². The van der Waals surface area contributed by atoms with Gasteiger partial charge in [0.15, 0.2) is 5.82 Å². The van der Waals surface area contributed by atoms with Crippen molar-refractivity contribution in [2.45, 2.75) is 32.4 Å². The third-order valence-corrected chi connectivity index (χ3v) is 2.80. The van der Waals surface area contributed by atoms with Crippen LogP contribution < -0.4 is 16.2 Å². The SMILES string of the molecule is CCN(c1cc(NN)nc(COC)n1)C1CC1. The van der Waals surface area contributed by atoms with E-state index in [1.807, 2.05) is 6.07 Å². The van der Waals surface area contributed by atoms with Crippen molar-refractivity contribution in [2.75, 3.05) is 24.0 Å². The monoisotopic (exact) mass is 237 g/mol. The molecule has 3 N–H and O–H groups in total. The van der Waals surface area contributed by atoms with Crippen LogP contribution in [-0.2, 0) is 11.3 Å². The second kappa shape index (κ2) is 5.29. The van der Waals surface area contributed by atoms with Crippen LogP contribution in [0.5, 0.6) is 0 Å². The van der Waals surface area contributed by atoms with Crippen molar-refractivity contribution in [1.29, 1.82) is 0 Å². The van der Waals surface area contributed by atoms with E-state index in [1.165, 1.54) is 12.8 Å². The Kier molecular flexibility index (Phi) is 3.75. The molecule has 1 aliphatic carbocycles. The molecule has 0 bridgehead atoms. The fraction of sp³-hybridized carbons (Fsp3) is 0.636. The predicted octanol–water partition coefficient (Wildman–Crippen LogP) is 0.897. The minimum atomic E-state index is 0.394. The quantitative estimate of drug-likeness (QED) is 0.565. The first-order valence-corrected chi connectivity index (χ1v) is 5.88. The lowest BCUT2D eigenvalue weighted by Gasteiger charge is -2.22. The van der Waals surface area contributed by atoms with Gasteiger partial charge < -0.3 is 15.1 Å². The summed E-state index contributed by atoms with van der Waals surface area (Å²) in [5.74, 6) is 7.61. The highest BCUT2D eigenvalue weighted by molar-refractivity contribution is 5.50. The average molecular weight is 237 g/mol. The Balaban J connectivity index is 2.27. The summed E-state index contributed by atoms with van der Waals surface area (Å²) in [6, 6.07) is 2.50. The maximum atomic E-state index is 5.42. The van der Waals surface area contributed by atoms with Crippen molar-refractivity contribution in [3.8, 4) is 0 Å². The van der Waals surface area contributed by atoms with E-state index in [-0.39, 0.29) is 0 Å². The van der Waals surface area contributed by atoms with Crippen LogP contribution in [0.1, 0.15) is 25.6 Å². The van der Waals surface area contributed by atoms with Gasteiger partial charge in [0.2, 0.25) is 0 Å². The Labute approximate surface area is 101 Å². The second-order valence-corrected chi connectivity index (χ2v) is 4.12. The molecule has 1 aliphatic rings. The van der Waals surface area contributed by atoms with Crippen LogP contribution in [-0.4, -0.2) is 29.7 Å². The molecule has 1 heterocycles. The number of nitrogens with zero attached hydrogens (tertiary/aromatic N) is 3. The van der Waals surface area contributed by atoms with E-state index in [9.17, 15) is 0 Å². The van der Waals surface area contributed by atoms with Gasteiger partial charge in [-0.1, -0.05) is 0 Å². The van der Waals surface area contributed by atoms with Crippen molar-refractivity contribution >= 4 is 11.6 Å². The smallest absolute Gasteiger partial charge is 0.158 e. The summed E-state index contributed by atoms with van der Waals surface area (Å²) in [6.45, 7) is 3.47. The molecule has 0 atom stereocenters. The van der Waals surface area contributed by atoms with Gasteiger partial charge in [-0.05, 0) is 19.8 Å². The van der Waals surface area contributed by atoms with Crippen LogP contribution in [0.2, 0.25) is 0 Å². The number of anilines is 2. The van der Waals surface area contributed by atoms with E-state index in [4.69, 9.17) is 10.6 Å². The van der Waals surface area contributed by atoms with E-state index in [1.54, 1.807) is 7.11 Å². The fourth-order valence-corrected chi connectivity index (χ4v) is 1.89. The Morgan fingerprint density at radius 2 is 2.29 bits per heavy atom. The zero-order chi connectivity index (χ0) is 12.3. The molecule has 0 saturated heterocycles. The minimum Gasteiger partial charge on any atom is -0.377 e. The number of nitrogens with one attached hydrogen (secondary N) is 1. The van der Waals surface area contributed by atoms with E-state index in [0.717, 1.165) is 12.4 Å². The summed E-state index contributed by atoms with van der Waals surface area (Å²) in [5, 5.41) is 0. The summed E-state index contributed by atoms with van der Waals surface area (Å²) in [5.41, 5.74) is 2.57. The summed E-state index contributed by atoms with van der Waals surface area (Å²) in [4.78, 5) is 11.0. The van der Waals surface area contributed by atoms with Gasteiger partial charge >= 0.3 is 0 Å². The van der Waals surface area contributed by atoms with Crippen LogP contribution in [0, 0.1) is 0 Å². The van der Waals surface area contributed by atoms with Crippen LogP contribution >= 0.6 is 0 Å². The van der Waals surface area contributed by atoms with Gasteiger partial charge in [-0.25, -0.2) is 15.8 Å². The van der Waals surface area contributed by atoms with Crippen LogP contribution in [0.4, 0.5) is 11.6 Å². The lowest BCUT2D eigenvalue weighted by atomic mass is 10.4. The molecule has 2 rings (SSSR count). The first-order valence-electron chi connectivity index (χ1n) is 5.88. The molecule has 0 aliphatic heterocycles. The van der Waals surface area contributed by atoms with E-state index in [2.05, 4.69) is 27.2 Å². The van der Waals surface area contributed by atoms with Gasteiger partial charge in [-0.2, -0.15) is 0 Å². The van der Waals surface area contributed by atoms with Crippen LogP contribution in [0.3, 0.4) is 0 Å². The minimum absolute atomic E-state index is 0.394. The van der Waals surface area contributed by atoms with Crippen molar-refractivity contribution in [2.24, 2.45) is 5.84 Å². The second-order valence-electron chi connectivity index (χ2n) is 4.12. The third-order valence-electron chi connectivity index (χ3n) is 2.80. The molecule has 1 aromatic rings. The molecule has 0 amide bonds. The van der Waals surface area contributed by atoms with E-state index >= 15 is 0 Å². The number of rotatable bonds is 6. The molecule has 1 saturated carbocycles. The third kappa shape index (κ3) is 2.83. The standard InChI is InChI=1S/C11H19N5O/c1-3-16(8-4-5-8)11-6-9(15-12)13-10(14-11)7-17-2/h6,8H,3-5,7,12H2,1-2H3,(H,13,14,15). The van der Waals surface area contributed by atoms with Gasteiger partial charge in [0.05, 0.1) is 0 Å². The Morgan fingerprint density at radius 1 is 1.53 bits per heavy atom. The first kappa shape index (κ1) is 12.1. The molecule has 17 heavy (non-hydrogen) atoms. The number of nitrogen functional groups attached to an aromatic ring is 1. The van der Waals surface area contributed by atoms with Crippen LogP contribution in [0.15, 0.2) is 6.07 Å². The lowest BCUT2D eigenvalue weighted by Crippen LogP contribution is -2.27. The summed E-state index contributed by atoms with van der Waals surface area (Å²) in [6.07, 6.45) is 2.48. The predicted molar refractivity (Wildman–Crippen MR) is 66.6 cm³/mol. The van der Waals surface area contributed by atoms with Gasteiger partial charge in [0, 0.05) is 25.8 Å². The topological polar surface area (TPSA) is 76.3 Å². The fourth-order valence-electron chi connectivity index (χ4n) is 1.89. The summed E-state index contributed by atoms with van der Waals surface area (Å²) < 4.78 is 5.06. The molecule has 0 aromatic carbocycles. The van der Waals surface area contributed by atoms with Crippen molar-refractivity contribution < 1.29 is 4.74 Å². The first-order chi connectivity index (χ1) is 8.28. The lowest BCUT2D eigenvalue weighted by molar-refractivity contribution is 0.178. The van der Waals surface area contributed by atoms with Gasteiger partial charge in [0.25, 0.3) is 0 Å². The molecular formula is C11H19N5O. The molecule has 0 unspecified atom stereocenters. The molecule has 0 spiro atoms. The summed E-state index contributed by atoms with van der Waals surface area (Å²) in [7, 11) is 1.63. The molecule has 6 nitrogen and oxygen atoms in total.